The molecule has 0 saturated carbocycles. The minimum Gasteiger partial charge on any atom is -0.497 e. The van der Waals surface area contributed by atoms with E-state index in [1.54, 1.807) is 49.9 Å². The number of hydrogen-bond acceptors (Lipinski definition) is 6. The number of nitrogens with zero attached hydrogens (tertiary/aromatic N) is 3. The highest BCUT2D eigenvalue weighted by atomic mass is 16.5. The number of ether oxygens (including phenoxy) is 2. The molecule has 0 unspecified atom stereocenters. The lowest BCUT2D eigenvalue weighted by molar-refractivity contribution is -0.141. The second kappa shape index (κ2) is 8.54. The smallest absolute Gasteiger partial charge is 0.325 e. The molecule has 4 rings (SSSR count). The second-order valence-electron chi connectivity index (χ2n) is 7.05. The van der Waals surface area contributed by atoms with Crippen molar-refractivity contribution in [2.75, 3.05) is 20.3 Å². The van der Waals surface area contributed by atoms with Gasteiger partial charge in [-0.15, -0.1) is 0 Å². The molecule has 4 aromatic rings. The molecule has 0 fully saturated rings. The molecule has 1 amide bonds. The fourth-order valence-electron chi connectivity index (χ4n) is 3.68. The maximum atomic E-state index is 13.4. The first-order valence-electron chi connectivity index (χ1n) is 10.0. The largest absolute Gasteiger partial charge is 0.497 e. The lowest BCUT2D eigenvalue weighted by Crippen LogP contribution is -2.34. The Balaban J connectivity index is 1.94. The third-order valence-corrected chi connectivity index (χ3v) is 5.17. The van der Waals surface area contributed by atoms with Crippen LogP contribution in [0.2, 0.25) is 0 Å². The Morgan fingerprint density at radius 1 is 1.09 bits per heavy atom. The van der Waals surface area contributed by atoms with Crippen molar-refractivity contribution < 1.29 is 19.1 Å². The number of fused-ring (bicyclic) bond motifs is 3. The van der Waals surface area contributed by atoms with E-state index in [2.05, 4.69) is 10.4 Å². The quantitative estimate of drug-likeness (QED) is 0.467. The van der Waals surface area contributed by atoms with E-state index in [1.807, 2.05) is 24.3 Å². The van der Waals surface area contributed by atoms with Crippen molar-refractivity contribution in [2.45, 2.75) is 6.92 Å². The molecule has 0 bridgehead atoms. The summed E-state index contributed by atoms with van der Waals surface area (Å²) in [6, 6.07) is 14.2. The summed E-state index contributed by atoms with van der Waals surface area (Å²) in [5.74, 6) is -0.514. The van der Waals surface area contributed by atoms with E-state index in [-0.39, 0.29) is 24.4 Å². The second-order valence-corrected chi connectivity index (χ2v) is 7.05. The number of para-hydroxylation sites is 1. The Morgan fingerprint density at radius 3 is 2.50 bits per heavy atom. The molecule has 164 valence electrons. The number of rotatable bonds is 6. The molecule has 2 aromatic heterocycles. The summed E-state index contributed by atoms with van der Waals surface area (Å²) >= 11 is 0. The summed E-state index contributed by atoms with van der Waals surface area (Å²) in [6.07, 6.45) is 0. The van der Waals surface area contributed by atoms with Crippen LogP contribution in [0.4, 0.5) is 0 Å². The van der Waals surface area contributed by atoms with Gasteiger partial charge in [-0.25, -0.2) is 0 Å². The lowest BCUT2D eigenvalue weighted by atomic mass is 10.1. The number of carbonyl (C=O) groups is 2. The number of amides is 1. The molecule has 1 N–H and O–H groups in total. The molecular weight excluding hydrogens is 412 g/mol. The maximum absolute atomic E-state index is 13.4. The number of aromatic nitrogens is 3. The van der Waals surface area contributed by atoms with E-state index >= 15 is 0 Å². The van der Waals surface area contributed by atoms with Crippen LogP contribution in [0.5, 0.6) is 5.75 Å². The fraction of sp³-hybridized carbons (Fsp3) is 0.217. The van der Waals surface area contributed by atoms with Gasteiger partial charge in [0, 0.05) is 23.3 Å². The van der Waals surface area contributed by atoms with E-state index < -0.39 is 11.9 Å². The van der Waals surface area contributed by atoms with Gasteiger partial charge in [-0.2, -0.15) is 9.78 Å². The van der Waals surface area contributed by atoms with E-state index in [0.717, 1.165) is 10.9 Å². The highest BCUT2D eigenvalue weighted by Crippen LogP contribution is 2.28. The first-order valence-corrected chi connectivity index (χ1v) is 10.0. The van der Waals surface area contributed by atoms with Crippen LogP contribution in [0.25, 0.3) is 27.5 Å². The van der Waals surface area contributed by atoms with Crippen molar-refractivity contribution in [3.63, 3.8) is 0 Å². The molecule has 0 aliphatic rings. The number of esters is 1. The van der Waals surface area contributed by atoms with Crippen molar-refractivity contribution in [2.24, 2.45) is 7.05 Å². The van der Waals surface area contributed by atoms with E-state index in [0.29, 0.717) is 22.3 Å². The highest BCUT2D eigenvalue weighted by Gasteiger charge is 2.23. The summed E-state index contributed by atoms with van der Waals surface area (Å²) in [5.41, 5.74) is 1.26. The Labute approximate surface area is 183 Å². The van der Waals surface area contributed by atoms with Gasteiger partial charge in [-0.1, -0.05) is 18.2 Å². The number of benzene rings is 2. The van der Waals surface area contributed by atoms with Gasteiger partial charge in [0.1, 0.15) is 17.8 Å². The minimum absolute atomic E-state index is 0.0384. The van der Waals surface area contributed by atoms with Gasteiger partial charge in [0.2, 0.25) is 0 Å². The highest BCUT2D eigenvalue weighted by molar-refractivity contribution is 6.17. The predicted octanol–water partition coefficient (Wildman–Crippen LogP) is 2.18. The van der Waals surface area contributed by atoms with Crippen LogP contribution in [0, 0.1) is 0 Å². The third kappa shape index (κ3) is 3.58. The van der Waals surface area contributed by atoms with Crippen molar-refractivity contribution >= 4 is 33.7 Å². The summed E-state index contributed by atoms with van der Waals surface area (Å²) in [4.78, 5) is 38.3. The number of aryl methyl sites for hydroxylation is 1. The molecule has 2 aromatic carbocycles. The van der Waals surface area contributed by atoms with Crippen molar-refractivity contribution in [1.82, 2.24) is 19.7 Å². The third-order valence-electron chi connectivity index (χ3n) is 5.17. The molecule has 32 heavy (non-hydrogen) atoms. The van der Waals surface area contributed by atoms with Crippen LogP contribution in [0.1, 0.15) is 17.4 Å². The molecule has 0 aliphatic carbocycles. The summed E-state index contributed by atoms with van der Waals surface area (Å²) in [5, 5.41) is 8.09. The minimum atomic E-state index is -0.582. The molecule has 0 aliphatic heterocycles. The fourth-order valence-corrected chi connectivity index (χ4v) is 3.68. The number of hydrogen-bond donors (Lipinski definition) is 1. The topological polar surface area (TPSA) is 104 Å². The lowest BCUT2D eigenvalue weighted by Gasteiger charge is -2.11. The van der Waals surface area contributed by atoms with Crippen LogP contribution in [0.3, 0.4) is 0 Å². The van der Waals surface area contributed by atoms with Crippen molar-refractivity contribution in [3.8, 4) is 11.4 Å². The van der Waals surface area contributed by atoms with Gasteiger partial charge < -0.3 is 19.4 Å². The number of nitrogens with one attached hydrogen (secondary N) is 1. The number of carbonyl (C=O) groups excluding carboxylic acids is 2. The summed E-state index contributed by atoms with van der Waals surface area (Å²) in [7, 11) is 3.32. The van der Waals surface area contributed by atoms with Gasteiger partial charge >= 0.3 is 5.97 Å². The van der Waals surface area contributed by atoms with Crippen LogP contribution >= 0.6 is 0 Å². The zero-order chi connectivity index (χ0) is 22.8. The SMILES string of the molecule is CCOC(=O)CNC(=O)c1nn(-c2ccc(OC)cc2)c(=O)c2c1c1ccccc1n2C. The maximum Gasteiger partial charge on any atom is 0.325 e. The zero-order valence-corrected chi connectivity index (χ0v) is 17.9. The molecule has 0 saturated heterocycles. The van der Waals surface area contributed by atoms with Gasteiger partial charge in [0.25, 0.3) is 11.5 Å². The Kier molecular flexibility index (Phi) is 5.63. The Bertz CT molecular complexity index is 1390. The van der Waals surface area contributed by atoms with E-state index in [1.165, 1.54) is 4.68 Å². The van der Waals surface area contributed by atoms with Crippen LogP contribution < -0.4 is 15.6 Å². The standard InChI is InChI=1S/C23H22N4O5/c1-4-32-18(28)13-24-22(29)20-19-16-7-5-6-8-17(16)26(2)21(19)23(30)27(25-20)14-9-11-15(31-3)12-10-14/h5-12H,4,13H2,1-3H3,(H,24,29). The first kappa shape index (κ1) is 21.1. The molecule has 0 spiro atoms. The summed E-state index contributed by atoms with van der Waals surface area (Å²) < 4.78 is 13.0. The molecule has 0 radical (unpaired) electrons. The molecule has 9 heteroatoms. The van der Waals surface area contributed by atoms with E-state index in [9.17, 15) is 14.4 Å². The first-order chi connectivity index (χ1) is 15.5. The molecule has 2 heterocycles. The normalized spacial score (nSPS) is 11.0. The Hall–Kier alpha value is -4.14. The molecular formula is C23H22N4O5. The average molecular weight is 434 g/mol. The van der Waals surface area contributed by atoms with Gasteiger partial charge in [0.05, 0.1) is 19.4 Å². The van der Waals surface area contributed by atoms with Crippen molar-refractivity contribution in [3.05, 3.63) is 64.6 Å². The van der Waals surface area contributed by atoms with Gasteiger partial charge in [-0.05, 0) is 37.3 Å². The Morgan fingerprint density at radius 2 is 1.81 bits per heavy atom. The molecule has 9 nitrogen and oxygen atoms in total. The van der Waals surface area contributed by atoms with Crippen molar-refractivity contribution in [1.29, 1.82) is 0 Å². The average Bonchev–Trinajstić information content (AvgIpc) is 3.11. The van der Waals surface area contributed by atoms with Crippen LogP contribution in [0.15, 0.2) is 53.3 Å². The van der Waals surface area contributed by atoms with E-state index in [4.69, 9.17) is 9.47 Å². The zero-order valence-electron chi connectivity index (χ0n) is 17.9. The predicted molar refractivity (Wildman–Crippen MR) is 119 cm³/mol. The molecule has 0 atom stereocenters. The van der Waals surface area contributed by atoms with Gasteiger partial charge in [0.15, 0.2) is 5.69 Å². The monoisotopic (exact) mass is 434 g/mol. The van der Waals surface area contributed by atoms with Crippen LogP contribution in [-0.4, -0.2) is 46.5 Å². The van der Waals surface area contributed by atoms with Gasteiger partial charge in [-0.3, -0.25) is 14.4 Å². The summed E-state index contributed by atoms with van der Waals surface area (Å²) in [6.45, 7) is 1.59. The van der Waals surface area contributed by atoms with Crippen LogP contribution in [-0.2, 0) is 16.6 Å². The number of methoxy groups -OCH3 is 1.